The van der Waals surface area contributed by atoms with Crippen LogP contribution < -0.4 is 0 Å². The van der Waals surface area contributed by atoms with Gasteiger partial charge in [0.25, 0.3) is 0 Å². The molecule has 1 aliphatic heterocycles. The Balaban J connectivity index is 1.84. The molecule has 0 spiro atoms. The molecule has 3 aromatic rings. The smallest absolute Gasteiger partial charge is 0.0502 e. The van der Waals surface area contributed by atoms with E-state index in [0.717, 1.165) is 21.4 Å². The van der Waals surface area contributed by atoms with Gasteiger partial charge >= 0.3 is 0 Å². The van der Waals surface area contributed by atoms with Crippen LogP contribution in [0.2, 0.25) is 0 Å². The molecular weight excluding hydrogens is 416 g/mol. The highest BCUT2D eigenvalue weighted by Crippen LogP contribution is 2.34. The van der Waals surface area contributed by atoms with Crippen LogP contribution in [-0.4, -0.2) is 29.6 Å². The van der Waals surface area contributed by atoms with Crippen molar-refractivity contribution in [2.75, 3.05) is 20.1 Å². The zero-order valence-electron chi connectivity index (χ0n) is 13.2. The van der Waals surface area contributed by atoms with Gasteiger partial charge in [-0.3, -0.25) is 0 Å². The molecule has 2 nitrogen and oxygen atoms in total. The van der Waals surface area contributed by atoms with Gasteiger partial charge in [-0.15, -0.1) is 0 Å². The zero-order chi connectivity index (χ0) is 16.0. The van der Waals surface area contributed by atoms with Crippen LogP contribution in [0.5, 0.6) is 0 Å². The van der Waals surface area contributed by atoms with Crippen LogP contribution in [0.1, 0.15) is 12.8 Å². The van der Waals surface area contributed by atoms with E-state index in [2.05, 4.69) is 84.8 Å². The molecule has 0 amide bonds. The molecule has 4 heteroatoms. The molecule has 4 rings (SSSR count). The van der Waals surface area contributed by atoms with Gasteiger partial charge in [0, 0.05) is 26.3 Å². The topological polar surface area (TPSA) is 8.17 Å². The Bertz CT molecular complexity index is 801. The molecule has 2 heterocycles. The minimum absolute atomic E-state index is 0.767. The van der Waals surface area contributed by atoms with Gasteiger partial charge < -0.3 is 9.47 Å². The van der Waals surface area contributed by atoms with Gasteiger partial charge in [-0.1, -0.05) is 44.0 Å². The fourth-order valence-corrected chi connectivity index (χ4v) is 4.44. The number of benzene rings is 2. The largest absolute Gasteiger partial charge is 0.340 e. The summed E-state index contributed by atoms with van der Waals surface area (Å²) in [6.45, 7) is 3.55. The predicted molar refractivity (Wildman–Crippen MR) is 105 cm³/mol. The highest BCUT2D eigenvalue weighted by Gasteiger charge is 2.19. The van der Waals surface area contributed by atoms with Gasteiger partial charge in [-0.25, -0.2) is 0 Å². The summed E-state index contributed by atoms with van der Waals surface area (Å²) < 4.78 is 4.82. The normalized spacial score (nSPS) is 17.3. The van der Waals surface area contributed by atoms with E-state index in [4.69, 9.17) is 0 Å². The first-order valence-corrected chi connectivity index (χ1v) is 9.76. The number of hydrogen-bond acceptors (Lipinski definition) is 1. The standard InChI is InChI=1S/C19H20Br2N2/c1-22-8-6-13(7-9-22)12-23-18-10-14(20)2-4-16(18)17-5-3-15(21)11-19(17)23/h2-5,10-11,13H,6-9,12H2,1H3. The lowest BCUT2D eigenvalue weighted by atomic mass is 9.97. The van der Waals surface area contributed by atoms with Crippen molar-refractivity contribution < 1.29 is 0 Å². The summed E-state index contributed by atoms with van der Waals surface area (Å²) in [4.78, 5) is 2.44. The van der Waals surface area contributed by atoms with Crippen LogP contribution in [-0.2, 0) is 6.54 Å². The van der Waals surface area contributed by atoms with Crippen molar-refractivity contribution in [2.24, 2.45) is 5.92 Å². The molecule has 0 radical (unpaired) electrons. The number of nitrogens with zero attached hydrogens (tertiary/aromatic N) is 2. The van der Waals surface area contributed by atoms with E-state index in [1.165, 1.54) is 47.7 Å². The highest BCUT2D eigenvalue weighted by molar-refractivity contribution is 9.10. The number of aromatic nitrogens is 1. The maximum atomic E-state index is 3.64. The van der Waals surface area contributed by atoms with Crippen LogP contribution >= 0.6 is 31.9 Å². The number of piperidine rings is 1. The molecule has 120 valence electrons. The zero-order valence-corrected chi connectivity index (χ0v) is 16.4. The number of likely N-dealkylation sites (tertiary alicyclic amines) is 1. The van der Waals surface area contributed by atoms with Crippen LogP contribution in [0.3, 0.4) is 0 Å². The van der Waals surface area contributed by atoms with E-state index in [-0.39, 0.29) is 0 Å². The summed E-state index contributed by atoms with van der Waals surface area (Å²) in [6, 6.07) is 13.3. The minimum Gasteiger partial charge on any atom is -0.340 e. The fraction of sp³-hybridized carbons (Fsp3) is 0.368. The van der Waals surface area contributed by atoms with Crippen LogP contribution in [0, 0.1) is 5.92 Å². The predicted octanol–water partition coefficient (Wildman–Crippen LogP) is 5.66. The van der Waals surface area contributed by atoms with Crippen molar-refractivity contribution in [1.82, 2.24) is 9.47 Å². The van der Waals surface area contributed by atoms with E-state index in [1.54, 1.807) is 0 Å². The van der Waals surface area contributed by atoms with E-state index in [0.29, 0.717) is 0 Å². The van der Waals surface area contributed by atoms with Crippen LogP contribution in [0.4, 0.5) is 0 Å². The summed E-state index contributed by atoms with van der Waals surface area (Å²) in [5.74, 6) is 0.767. The molecular formula is C19H20Br2N2. The maximum absolute atomic E-state index is 3.64. The third-order valence-corrected chi connectivity index (χ3v) is 6.06. The Morgan fingerprint density at radius 1 is 0.913 bits per heavy atom. The van der Waals surface area contributed by atoms with Gasteiger partial charge in [0.2, 0.25) is 0 Å². The Hall–Kier alpha value is -0.840. The average molecular weight is 436 g/mol. The Morgan fingerprint density at radius 2 is 1.43 bits per heavy atom. The van der Waals surface area contributed by atoms with Gasteiger partial charge in [0.1, 0.15) is 0 Å². The van der Waals surface area contributed by atoms with E-state index in [1.807, 2.05) is 0 Å². The molecule has 0 aliphatic carbocycles. The first-order valence-electron chi connectivity index (χ1n) is 8.17. The Morgan fingerprint density at radius 3 is 1.96 bits per heavy atom. The minimum atomic E-state index is 0.767. The highest BCUT2D eigenvalue weighted by atomic mass is 79.9. The third-order valence-electron chi connectivity index (χ3n) is 5.07. The molecule has 0 saturated carbocycles. The van der Waals surface area contributed by atoms with Gasteiger partial charge in [-0.05, 0) is 63.2 Å². The summed E-state index contributed by atoms with van der Waals surface area (Å²) >= 11 is 7.28. The van der Waals surface area contributed by atoms with Gasteiger partial charge in [0.15, 0.2) is 0 Å². The molecule has 1 aromatic heterocycles. The second-order valence-corrected chi connectivity index (χ2v) is 8.51. The van der Waals surface area contributed by atoms with Gasteiger partial charge in [0.05, 0.1) is 11.0 Å². The van der Waals surface area contributed by atoms with Gasteiger partial charge in [-0.2, -0.15) is 0 Å². The lowest BCUT2D eigenvalue weighted by Gasteiger charge is -2.29. The lowest BCUT2D eigenvalue weighted by molar-refractivity contribution is 0.207. The SMILES string of the molecule is CN1CCC(Cn2c3cc(Br)ccc3c3ccc(Br)cc32)CC1. The summed E-state index contributed by atoms with van der Waals surface area (Å²) in [5.41, 5.74) is 2.68. The first-order chi connectivity index (χ1) is 11.1. The van der Waals surface area contributed by atoms with Crippen molar-refractivity contribution in [3.05, 3.63) is 45.3 Å². The number of fused-ring (bicyclic) bond motifs is 3. The molecule has 0 bridgehead atoms. The van der Waals surface area contributed by atoms with Crippen molar-refractivity contribution >= 4 is 53.7 Å². The lowest BCUT2D eigenvalue weighted by Crippen LogP contribution is -2.31. The third kappa shape index (κ3) is 2.97. The van der Waals surface area contributed by atoms with E-state index < -0.39 is 0 Å². The number of halogens is 2. The number of hydrogen-bond donors (Lipinski definition) is 0. The molecule has 2 aromatic carbocycles. The first kappa shape index (κ1) is 15.7. The molecule has 0 atom stereocenters. The second-order valence-electron chi connectivity index (χ2n) is 6.68. The Kier molecular flexibility index (Phi) is 4.24. The molecule has 1 saturated heterocycles. The monoisotopic (exact) mass is 434 g/mol. The van der Waals surface area contributed by atoms with Crippen LogP contribution in [0.25, 0.3) is 21.8 Å². The Labute approximate surface area is 153 Å². The van der Waals surface area contributed by atoms with Crippen molar-refractivity contribution in [3.8, 4) is 0 Å². The average Bonchev–Trinajstić information content (AvgIpc) is 2.82. The van der Waals surface area contributed by atoms with Crippen molar-refractivity contribution in [3.63, 3.8) is 0 Å². The van der Waals surface area contributed by atoms with Crippen LogP contribution in [0.15, 0.2) is 45.3 Å². The summed E-state index contributed by atoms with van der Waals surface area (Å²) in [7, 11) is 2.23. The van der Waals surface area contributed by atoms with Crippen molar-refractivity contribution in [2.45, 2.75) is 19.4 Å². The molecule has 1 fully saturated rings. The molecule has 23 heavy (non-hydrogen) atoms. The van der Waals surface area contributed by atoms with E-state index >= 15 is 0 Å². The van der Waals surface area contributed by atoms with E-state index in [9.17, 15) is 0 Å². The van der Waals surface area contributed by atoms with Crippen molar-refractivity contribution in [1.29, 1.82) is 0 Å². The maximum Gasteiger partial charge on any atom is 0.0502 e. The second kappa shape index (κ2) is 6.23. The molecule has 1 aliphatic rings. The molecule has 0 N–H and O–H groups in total. The fourth-order valence-electron chi connectivity index (χ4n) is 3.74. The number of rotatable bonds is 2. The summed E-state index contributed by atoms with van der Waals surface area (Å²) in [6.07, 6.45) is 2.58. The summed E-state index contributed by atoms with van der Waals surface area (Å²) in [5, 5.41) is 2.70. The quantitative estimate of drug-likeness (QED) is 0.504. The molecule has 0 unspecified atom stereocenters.